The van der Waals surface area contributed by atoms with Crippen LogP contribution in [-0.2, 0) is 19.0 Å². The van der Waals surface area contributed by atoms with Crippen molar-refractivity contribution in [1.29, 1.82) is 0 Å². The number of methoxy groups -OCH3 is 2. The first kappa shape index (κ1) is 18.9. The van der Waals surface area contributed by atoms with Crippen molar-refractivity contribution in [2.24, 2.45) is 0 Å². The third kappa shape index (κ3) is 5.27. The highest BCUT2D eigenvalue weighted by Gasteiger charge is 2.23. The minimum absolute atomic E-state index is 0.0379. The lowest BCUT2D eigenvalue weighted by Crippen LogP contribution is -2.48. The van der Waals surface area contributed by atoms with E-state index in [1.54, 1.807) is 13.2 Å². The van der Waals surface area contributed by atoms with Gasteiger partial charge in [-0.25, -0.2) is 9.97 Å². The Bertz CT molecular complexity index is 560. The second kappa shape index (κ2) is 9.12. The molecule has 1 aromatic heterocycles. The maximum Gasteiger partial charge on any atom is 0.246 e. The number of hydrogen-bond acceptors (Lipinski definition) is 7. The molecule has 1 amide bonds. The van der Waals surface area contributed by atoms with Crippen LogP contribution >= 0.6 is 11.6 Å². The van der Waals surface area contributed by atoms with Crippen LogP contribution in [0.1, 0.15) is 18.9 Å². The van der Waals surface area contributed by atoms with Crippen LogP contribution in [0.4, 0.5) is 5.82 Å². The van der Waals surface area contributed by atoms with Gasteiger partial charge in [0.25, 0.3) is 0 Å². The van der Waals surface area contributed by atoms with Crippen LogP contribution in [-0.4, -0.2) is 69.0 Å². The molecule has 0 bridgehead atoms. The lowest BCUT2D eigenvalue weighted by atomic mass is 10.2. The average Bonchev–Trinajstić information content (AvgIpc) is 2.59. The predicted molar refractivity (Wildman–Crippen MR) is 89.3 cm³/mol. The molecule has 0 saturated carbocycles. The summed E-state index contributed by atoms with van der Waals surface area (Å²) in [4.78, 5) is 22.3. The molecule has 0 radical (unpaired) electrons. The fourth-order valence-electron chi connectivity index (χ4n) is 2.33. The van der Waals surface area contributed by atoms with Crippen LogP contribution in [0.3, 0.4) is 0 Å². The molecule has 1 aliphatic rings. The summed E-state index contributed by atoms with van der Waals surface area (Å²) in [5.74, 6) is 1.10. The van der Waals surface area contributed by atoms with E-state index in [1.165, 1.54) is 7.11 Å². The first-order chi connectivity index (χ1) is 11.5. The lowest BCUT2D eigenvalue weighted by Gasteiger charge is -2.34. The Morgan fingerprint density at radius 3 is 3.04 bits per heavy atom. The summed E-state index contributed by atoms with van der Waals surface area (Å²) in [6, 6.07) is 1.72. The van der Waals surface area contributed by atoms with Crippen molar-refractivity contribution in [3.05, 3.63) is 17.0 Å². The van der Waals surface area contributed by atoms with Crippen molar-refractivity contribution in [2.75, 3.05) is 52.0 Å². The van der Waals surface area contributed by atoms with E-state index in [-0.39, 0.29) is 24.7 Å². The molecule has 2 atom stereocenters. The van der Waals surface area contributed by atoms with Crippen LogP contribution in [0.5, 0.6) is 0 Å². The second-order valence-corrected chi connectivity index (χ2v) is 5.85. The SMILES string of the molecule is COCC(=O)NCC1CN(c2cc(Cl)nc(C(C)OC)n2)CCO1. The first-order valence-corrected chi connectivity index (χ1v) is 8.10. The predicted octanol–water partition coefficient (Wildman–Crippen LogP) is 0.805. The number of amides is 1. The van der Waals surface area contributed by atoms with Gasteiger partial charge in [-0.05, 0) is 6.92 Å². The number of carbonyl (C=O) groups is 1. The molecule has 0 aliphatic carbocycles. The minimum Gasteiger partial charge on any atom is -0.375 e. The van der Waals surface area contributed by atoms with Gasteiger partial charge in [0.05, 0.1) is 12.7 Å². The average molecular weight is 359 g/mol. The normalized spacial score (nSPS) is 19.2. The van der Waals surface area contributed by atoms with Gasteiger partial charge in [0.2, 0.25) is 5.91 Å². The third-order valence-electron chi connectivity index (χ3n) is 3.68. The van der Waals surface area contributed by atoms with Gasteiger partial charge in [-0.2, -0.15) is 0 Å². The van der Waals surface area contributed by atoms with E-state index in [1.807, 2.05) is 6.92 Å². The van der Waals surface area contributed by atoms with E-state index in [2.05, 4.69) is 20.2 Å². The highest BCUT2D eigenvalue weighted by molar-refractivity contribution is 6.29. The van der Waals surface area contributed by atoms with Crippen LogP contribution < -0.4 is 10.2 Å². The Labute approximate surface area is 146 Å². The summed E-state index contributed by atoms with van der Waals surface area (Å²) in [5.41, 5.74) is 0. The zero-order valence-electron chi connectivity index (χ0n) is 14.1. The number of anilines is 1. The number of hydrogen-bond donors (Lipinski definition) is 1. The molecule has 1 saturated heterocycles. The van der Waals surface area contributed by atoms with Crippen LogP contribution in [0.2, 0.25) is 5.15 Å². The fourth-order valence-corrected chi connectivity index (χ4v) is 2.52. The highest BCUT2D eigenvalue weighted by Crippen LogP contribution is 2.22. The zero-order chi connectivity index (χ0) is 17.5. The van der Waals surface area contributed by atoms with Crippen LogP contribution in [0.25, 0.3) is 0 Å². The molecule has 24 heavy (non-hydrogen) atoms. The summed E-state index contributed by atoms with van der Waals surface area (Å²) >= 11 is 6.11. The number of carbonyl (C=O) groups excluding carboxylic acids is 1. The Morgan fingerprint density at radius 2 is 2.33 bits per heavy atom. The summed E-state index contributed by atoms with van der Waals surface area (Å²) < 4.78 is 15.7. The zero-order valence-corrected chi connectivity index (χ0v) is 14.9. The maximum atomic E-state index is 11.5. The molecule has 1 fully saturated rings. The van der Waals surface area contributed by atoms with Gasteiger partial charge in [-0.1, -0.05) is 11.6 Å². The Kier molecular flexibility index (Phi) is 7.16. The van der Waals surface area contributed by atoms with Gasteiger partial charge < -0.3 is 24.4 Å². The molecule has 2 heterocycles. The van der Waals surface area contributed by atoms with E-state index < -0.39 is 0 Å². The third-order valence-corrected chi connectivity index (χ3v) is 3.87. The summed E-state index contributed by atoms with van der Waals surface area (Å²) in [6.07, 6.45) is -0.371. The molecular formula is C15H23ClN4O4. The molecule has 1 aromatic rings. The largest absolute Gasteiger partial charge is 0.375 e. The standard InChI is InChI=1S/C15H23ClN4O4/c1-10(23-3)15-18-12(16)6-13(19-15)20-4-5-24-11(8-20)7-17-14(21)9-22-2/h6,10-11H,4-5,7-9H2,1-3H3,(H,17,21). The van der Waals surface area contributed by atoms with Crippen molar-refractivity contribution in [3.63, 3.8) is 0 Å². The molecule has 1 N–H and O–H groups in total. The van der Waals surface area contributed by atoms with Crippen molar-refractivity contribution in [3.8, 4) is 0 Å². The first-order valence-electron chi connectivity index (χ1n) is 7.73. The van der Waals surface area contributed by atoms with Crippen LogP contribution in [0.15, 0.2) is 6.07 Å². The minimum atomic E-state index is -0.243. The van der Waals surface area contributed by atoms with E-state index >= 15 is 0 Å². The van der Waals surface area contributed by atoms with Gasteiger partial charge in [0.15, 0.2) is 5.82 Å². The Hall–Kier alpha value is -1.48. The van der Waals surface area contributed by atoms with E-state index in [4.69, 9.17) is 25.8 Å². The van der Waals surface area contributed by atoms with Gasteiger partial charge in [0, 0.05) is 39.9 Å². The molecule has 2 rings (SSSR count). The van der Waals surface area contributed by atoms with Crippen LogP contribution in [0, 0.1) is 0 Å². The monoisotopic (exact) mass is 358 g/mol. The number of nitrogens with zero attached hydrogens (tertiary/aromatic N) is 3. The van der Waals surface area contributed by atoms with E-state index in [0.29, 0.717) is 37.2 Å². The van der Waals surface area contributed by atoms with Crippen molar-refractivity contribution in [1.82, 2.24) is 15.3 Å². The van der Waals surface area contributed by atoms with Gasteiger partial charge in [-0.15, -0.1) is 0 Å². The fraction of sp³-hybridized carbons (Fsp3) is 0.667. The highest BCUT2D eigenvalue weighted by atomic mass is 35.5. The van der Waals surface area contributed by atoms with Gasteiger partial charge in [0.1, 0.15) is 23.7 Å². The number of aromatic nitrogens is 2. The molecule has 8 nitrogen and oxygen atoms in total. The molecule has 0 aromatic carbocycles. The maximum absolute atomic E-state index is 11.5. The van der Waals surface area contributed by atoms with Gasteiger partial charge >= 0.3 is 0 Å². The summed E-state index contributed by atoms with van der Waals surface area (Å²) in [6.45, 7) is 4.15. The van der Waals surface area contributed by atoms with E-state index in [0.717, 1.165) is 5.82 Å². The number of nitrogens with one attached hydrogen (secondary N) is 1. The number of rotatable bonds is 7. The number of ether oxygens (including phenoxy) is 3. The Balaban J connectivity index is 2.01. The summed E-state index contributed by atoms with van der Waals surface area (Å²) in [5, 5.41) is 3.15. The van der Waals surface area contributed by atoms with Gasteiger partial charge in [-0.3, -0.25) is 4.79 Å². The molecule has 134 valence electrons. The molecule has 0 spiro atoms. The quantitative estimate of drug-likeness (QED) is 0.722. The topological polar surface area (TPSA) is 85.8 Å². The van der Waals surface area contributed by atoms with Crippen molar-refractivity contribution < 1.29 is 19.0 Å². The molecule has 1 aliphatic heterocycles. The number of morpholine rings is 1. The molecular weight excluding hydrogens is 336 g/mol. The smallest absolute Gasteiger partial charge is 0.246 e. The van der Waals surface area contributed by atoms with Crippen molar-refractivity contribution >= 4 is 23.3 Å². The van der Waals surface area contributed by atoms with E-state index in [9.17, 15) is 4.79 Å². The lowest BCUT2D eigenvalue weighted by molar-refractivity contribution is -0.125. The summed E-state index contributed by atoms with van der Waals surface area (Å²) in [7, 11) is 3.08. The molecule has 2 unspecified atom stereocenters. The van der Waals surface area contributed by atoms with Crippen molar-refractivity contribution in [2.45, 2.75) is 19.1 Å². The molecule has 9 heteroatoms. The second-order valence-electron chi connectivity index (χ2n) is 5.46. The Morgan fingerprint density at radius 1 is 1.54 bits per heavy atom. The number of halogens is 1.